The Balaban J connectivity index is 1.27. The summed E-state index contributed by atoms with van der Waals surface area (Å²) >= 11 is 5.83. The first-order valence-corrected chi connectivity index (χ1v) is 13.6. The van der Waals surface area contributed by atoms with Gasteiger partial charge >= 0.3 is 12.1 Å². The first kappa shape index (κ1) is 30.1. The van der Waals surface area contributed by atoms with Crippen molar-refractivity contribution in [3.8, 4) is 5.69 Å². The average molecular weight is 591 g/mol. The number of esters is 1. The van der Waals surface area contributed by atoms with Crippen LogP contribution in [0.25, 0.3) is 5.69 Å². The summed E-state index contributed by atoms with van der Waals surface area (Å²) in [5.41, 5.74) is 0.0746. The Labute approximate surface area is 240 Å². The standard InChI is InChI=1S/C29H30ClF3N4O4/c1-18(38)41-17-19-2-4-20(5-3-19)21-6-10-23(11-7-21)35-26(39)14-15-34-28(40)25-16-37(36-27(25)29(31,32)33)24-12-8-22(30)9-13-24/h6-13,16,19-20H,2-5,14-15,17H2,1H3,(H,34,40)(H,35,39). The first-order chi connectivity index (χ1) is 19.5. The minimum absolute atomic E-state index is 0.132. The molecule has 1 fully saturated rings. The predicted octanol–water partition coefficient (Wildman–Crippen LogP) is 6.14. The second-order valence-electron chi connectivity index (χ2n) is 10.0. The van der Waals surface area contributed by atoms with E-state index in [0.717, 1.165) is 36.6 Å². The summed E-state index contributed by atoms with van der Waals surface area (Å²) < 4.78 is 46.8. The zero-order valence-electron chi connectivity index (χ0n) is 22.3. The smallest absolute Gasteiger partial charge is 0.435 e. The molecule has 12 heteroatoms. The van der Waals surface area contributed by atoms with Crippen LogP contribution in [0.3, 0.4) is 0 Å². The topological polar surface area (TPSA) is 102 Å². The summed E-state index contributed by atoms with van der Waals surface area (Å²) in [7, 11) is 0. The molecule has 1 saturated carbocycles. The van der Waals surface area contributed by atoms with Gasteiger partial charge in [-0.1, -0.05) is 23.7 Å². The van der Waals surface area contributed by atoms with Gasteiger partial charge < -0.3 is 15.4 Å². The number of ether oxygens (including phenoxy) is 1. The third kappa shape index (κ3) is 8.32. The van der Waals surface area contributed by atoms with E-state index in [-0.39, 0.29) is 18.9 Å². The van der Waals surface area contributed by atoms with Gasteiger partial charge in [0, 0.05) is 36.8 Å². The zero-order chi connectivity index (χ0) is 29.6. The van der Waals surface area contributed by atoms with E-state index in [0.29, 0.717) is 34.8 Å². The Kier molecular flexibility index (Phi) is 9.69. The predicted molar refractivity (Wildman–Crippen MR) is 147 cm³/mol. The number of hydrogen-bond acceptors (Lipinski definition) is 5. The molecule has 2 aromatic carbocycles. The minimum Gasteiger partial charge on any atom is -0.466 e. The number of nitrogens with zero attached hydrogens (tertiary/aromatic N) is 2. The third-order valence-electron chi connectivity index (χ3n) is 6.99. The van der Waals surface area contributed by atoms with Gasteiger partial charge in [0.25, 0.3) is 5.91 Å². The Bertz CT molecular complexity index is 1370. The van der Waals surface area contributed by atoms with E-state index in [1.807, 2.05) is 12.1 Å². The molecule has 0 aliphatic heterocycles. The van der Waals surface area contributed by atoms with Crippen molar-refractivity contribution in [2.45, 2.75) is 51.1 Å². The van der Waals surface area contributed by atoms with Crippen molar-refractivity contribution in [3.05, 3.63) is 76.6 Å². The van der Waals surface area contributed by atoms with Crippen molar-refractivity contribution in [2.24, 2.45) is 5.92 Å². The molecule has 0 unspecified atom stereocenters. The van der Waals surface area contributed by atoms with Gasteiger partial charge in [0.2, 0.25) is 5.91 Å². The largest absolute Gasteiger partial charge is 0.466 e. The maximum absolute atomic E-state index is 13.6. The lowest BCUT2D eigenvalue weighted by Crippen LogP contribution is -2.29. The summed E-state index contributed by atoms with van der Waals surface area (Å²) in [5, 5.41) is 9.07. The lowest BCUT2D eigenvalue weighted by Gasteiger charge is -2.28. The van der Waals surface area contributed by atoms with Crippen molar-refractivity contribution >= 4 is 35.1 Å². The first-order valence-electron chi connectivity index (χ1n) is 13.2. The molecular weight excluding hydrogens is 561 g/mol. The quantitative estimate of drug-likeness (QED) is 0.292. The molecule has 2 N–H and O–H groups in total. The molecule has 0 saturated heterocycles. The van der Waals surface area contributed by atoms with Crippen LogP contribution in [0.5, 0.6) is 0 Å². The van der Waals surface area contributed by atoms with Gasteiger partial charge in [-0.2, -0.15) is 18.3 Å². The number of carbonyl (C=O) groups is 3. The fourth-order valence-corrected chi connectivity index (χ4v) is 4.95. The molecule has 0 bridgehead atoms. The number of carbonyl (C=O) groups excluding carboxylic acids is 3. The Morgan fingerprint density at radius 3 is 2.29 bits per heavy atom. The van der Waals surface area contributed by atoms with Crippen LogP contribution in [-0.2, 0) is 20.5 Å². The highest BCUT2D eigenvalue weighted by molar-refractivity contribution is 6.30. The third-order valence-corrected chi connectivity index (χ3v) is 7.24. The molecule has 1 aromatic heterocycles. The lowest BCUT2D eigenvalue weighted by atomic mass is 9.79. The summed E-state index contributed by atoms with van der Waals surface area (Å²) in [6.07, 6.45) is -0.0416. The van der Waals surface area contributed by atoms with Crippen molar-refractivity contribution in [2.75, 3.05) is 18.5 Å². The lowest BCUT2D eigenvalue weighted by molar-refractivity contribution is -0.143. The second-order valence-corrected chi connectivity index (χ2v) is 10.4. The van der Waals surface area contributed by atoms with Crippen LogP contribution in [0.2, 0.25) is 5.02 Å². The Hall–Kier alpha value is -3.86. The van der Waals surface area contributed by atoms with Crippen LogP contribution in [0.4, 0.5) is 18.9 Å². The maximum Gasteiger partial charge on any atom is 0.435 e. The van der Waals surface area contributed by atoms with E-state index in [1.54, 1.807) is 12.1 Å². The highest BCUT2D eigenvalue weighted by Crippen LogP contribution is 2.36. The average Bonchev–Trinajstić information content (AvgIpc) is 3.40. The molecule has 0 atom stereocenters. The van der Waals surface area contributed by atoms with Gasteiger partial charge in [-0.05, 0) is 79.5 Å². The highest BCUT2D eigenvalue weighted by Gasteiger charge is 2.39. The fraction of sp³-hybridized carbons (Fsp3) is 0.379. The number of halogens is 4. The molecule has 4 rings (SSSR count). The van der Waals surface area contributed by atoms with E-state index in [1.165, 1.54) is 36.8 Å². The van der Waals surface area contributed by atoms with Crippen molar-refractivity contribution in [1.29, 1.82) is 0 Å². The number of rotatable bonds is 9. The van der Waals surface area contributed by atoms with Gasteiger partial charge in [0.1, 0.15) is 0 Å². The molecule has 1 aliphatic carbocycles. The molecule has 1 heterocycles. The Morgan fingerprint density at radius 2 is 1.68 bits per heavy atom. The highest BCUT2D eigenvalue weighted by atomic mass is 35.5. The van der Waals surface area contributed by atoms with E-state index in [4.69, 9.17) is 16.3 Å². The number of benzene rings is 2. The summed E-state index contributed by atoms with van der Waals surface area (Å²) in [5.74, 6) is -0.859. The molecule has 8 nitrogen and oxygen atoms in total. The van der Waals surface area contributed by atoms with Crippen LogP contribution in [0.15, 0.2) is 54.7 Å². The van der Waals surface area contributed by atoms with E-state index >= 15 is 0 Å². The number of anilines is 1. The van der Waals surface area contributed by atoms with E-state index in [2.05, 4.69) is 15.7 Å². The maximum atomic E-state index is 13.6. The summed E-state index contributed by atoms with van der Waals surface area (Å²) in [6, 6.07) is 13.5. The monoisotopic (exact) mass is 590 g/mol. The molecule has 3 aromatic rings. The minimum atomic E-state index is -4.85. The Morgan fingerprint density at radius 1 is 1.02 bits per heavy atom. The van der Waals surface area contributed by atoms with Gasteiger partial charge in [-0.25, -0.2) is 4.68 Å². The SMILES string of the molecule is CC(=O)OCC1CCC(c2ccc(NC(=O)CCNC(=O)c3cn(-c4ccc(Cl)cc4)nc3C(F)(F)F)cc2)CC1. The number of hydrogen-bond donors (Lipinski definition) is 2. The van der Waals surface area contributed by atoms with Gasteiger partial charge in [-0.3, -0.25) is 14.4 Å². The van der Waals surface area contributed by atoms with Crippen LogP contribution in [-0.4, -0.2) is 40.7 Å². The van der Waals surface area contributed by atoms with Crippen LogP contribution in [0.1, 0.15) is 66.6 Å². The molecule has 218 valence electrons. The summed E-state index contributed by atoms with van der Waals surface area (Å²) in [4.78, 5) is 36.0. The molecule has 0 spiro atoms. The number of amides is 2. The number of aromatic nitrogens is 2. The van der Waals surface area contributed by atoms with Gasteiger partial charge in [0.15, 0.2) is 5.69 Å². The summed E-state index contributed by atoms with van der Waals surface area (Å²) in [6.45, 7) is 1.71. The second kappa shape index (κ2) is 13.2. The molecule has 2 amide bonds. The molecule has 0 radical (unpaired) electrons. The molecule has 41 heavy (non-hydrogen) atoms. The van der Waals surface area contributed by atoms with Crippen molar-refractivity contribution < 1.29 is 32.3 Å². The van der Waals surface area contributed by atoms with E-state index < -0.39 is 29.2 Å². The fourth-order valence-electron chi connectivity index (χ4n) is 4.82. The molecule has 1 aliphatic rings. The van der Waals surface area contributed by atoms with Gasteiger partial charge in [0.05, 0.1) is 17.9 Å². The molecular formula is C29H30ClF3N4O4. The number of nitrogens with one attached hydrogen (secondary N) is 2. The van der Waals surface area contributed by atoms with Gasteiger partial charge in [-0.15, -0.1) is 0 Å². The van der Waals surface area contributed by atoms with Crippen molar-refractivity contribution in [3.63, 3.8) is 0 Å². The van der Waals surface area contributed by atoms with E-state index in [9.17, 15) is 27.6 Å². The number of alkyl halides is 3. The van der Waals surface area contributed by atoms with Crippen LogP contribution in [0, 0.1) is 5.92 Å². The normalized spacial score (nSPS) is 17.1. The van der Waals surface area contributed by atoms with Crippen molar-refractivity contribution in [1.82, 2.24) is 15.1 Å². The zero-order valence-corrected chi connectivity index (χ0v) is 23.1. The van der Waals surface area contributed by atoms with Crippen LogP contribution >= 0.6 is 11.6 Å². The van der Waals surface area contributed by atoms with Crippen LogP contribution < -0.4 is 10.6 Å².